The zero-order chi connectivity index (χ0) is 15.1. The lowest BCUT2D eigenvalue weighted by atomic mass is 10.2. The van der Waals surface area contributed by atoms with Crippen molar-refractivity contribution in [2.24, 2.45) is 0 Å². The molecular weight excluding hydrogens is 264 g/mol. The van der Waals surface area contributed by atoms with Crippen molar-refractivity contribution < 1.29 is 19.6 Å². The summed E-state index contributed by atoms with van der Waals surface area (Å²) in [5.41, 5.74) is 0.223. The molecule has 0 bridgehead atoms. The van der Waals surface area contributed by atoms with Gasteiger partial charge in [0.1, 0.15) is 11.8 Å². The molecule has 20 heavy (non-hydrogen) atoms. The van der Waals surface area contributed by atoms with Crippen LogP contribution in [0.15, 0.2) is 18.2 Å². The molecule has 2 N–H and O–H groups in total. The number of carbonyl (C=O) groups is 1. The third kappa shape index (κ3) is 4.42. The normalized spacial score (nSPS) is 11.7. The van der Waals surface area contributed by atoms with Crippen molar-refractivity contribution in [2.75, 3.05) is 11.9 Å². The van der Waals surface area contributed by atoms with Crippen molar-refractivity contribution in [2.45, 2.75) is 32.7 Å². The van der Waals surface area contributed by atoms with E-state index in [9.17, 15) is 14.9 Å². The van der Waals surface area contributed by atoms with Crippen molar-refractivity contribution in [3.05, 3.63) is 28.3 Å². The zero-order valence-electron chi connectivity index (χ0n) is 11.5. The van der Waals surface area contributed by atoms with Crippen LogP contribution in [0.3, 0.4) is 0 Å². The van der Waals surface area contributed by atoms with Gasteiger partial charge in [-0.1, -0.05) is 13.8 Å². The molecule has 1 aromatic carbocycles. The molecular formula is C13H18N2O5. The number of benzene rings is 1. The van der Waals surface area contributed by atoms with E-state index in [4.69, 9.17) is 9.84 Å². The molecule has 0 saturated heterocycles. The van der Waals surface area contributed by atoms with Crippen LogP contribution in [0.1, 0.15) is 26.7 Å². The Balaban J connectivity index is 3.01. The van der Waals surface area contributed by atoms with Crippen LogP contribution in [0.4, 0.5) is 11.4 Å². The van der Waals surface area contributed by atoms with E-state index in [2.05, 4.69) is 5.32 Å². The van der Waals surface area contributed by atoms with Gasteiger partial charge in [0.2, 0.25) is 0 Å². The van der Waals surface area contributed by atoms with Crippen LogP contribution in [0.2, 0.25) is 0 Å². The van der Waals surface area contributed by atoms with Gasteiger partial charge in [-0.3, -0.25) is 10.1 Å². The number of nitro groups is 1. The van der Waals surface area contributed by atoms with Crippen LogP contribution in [0.5, 0.6) is 5.75 Å². The Morgan fingerprint density at radius 3 is 2.65 bits per heavy atom. The number of anilines is 1. The van der Waals surface area contributed by atoms with E-state index in [-0.39, 0.29) is 5.69 Å². The van der Waals surface area contributed by atoms with E-state index >= 15 is 0 Å². The lowest BCUT2D eigenvalue weighted by Gasteiger charge is -2.14. The van der Waals surface area contributed by atoms with E-state index in [0.717, 1.165) is 6.42 Å². The highest BCUT2D eigenvalue weighted by Gasteiger charge is 2.17. The number of rotatable bonds is 8. The average Bonchev–Trinajstić information content (AvgIpc) is 2.41. The van der Waals surface area contributed by atoms with Gasteiger partial charge in [-0.25, -0.2) is 4.79 Å². The average molecular weight is 282 g/mol. The number of nitro benzene ring substituents is 1. The second-order valence-corrected chi connectivity index (χ2v) is 4.26. The summed E-state index contributed by atoms with van der Waals surface area (Å²) < 4.78 is 5.37. The first kappa shape index (κ1) is 15.7. The van der Waals surface area contributed by atoms with E-state index in [1.807, 2.05) is 6.92 Å². The molecule has 0 aliphatic rings. The van der Waals surface area contributed by atoms with Gasteiger partial charge in [-0.2, -0.15) is 0 Å². The van der Waals surface area contributed by atoms with Crippen molar-refractivity contribution >= 4 is 17.3 Å². The second-order valence-electron chi connectivity index (χ2n) is 4.26. The van der Waals surface area contributed by atoms with Gasteiger partial charge in [0.05, 0.1) is 17.6 Å². The van der Waals surface area contributed by atoms with Crippen molar-refractivity contribution in [3.8, 4) is 5.75 Å². The Labute approximate surface area is 116 Å². The molecule has 1 unspecified atom stereocenters. The number of non-ortho nitro benzene ring substituents is 1. The highest BCUT2D eigenvalue weighted by Crippen LogP contribution is 2.27. The minimum atomic E-state index is -1.00. The number of hydrogen-bond donors (Lipinski definition) is 2. The fourth-order valence-electron chi connectivity index (χ4n) is 1.61. The van der Waals surface area contributed by atoms with Crippen LogP contribution < -0.4 is 10.1 Å². The Morgan fingerprint density at radius 1 is 1.45 bits per heavy atom. The molecule has 0 aliphatic heterocycles. The smallest absolute Gasteiger partial charge is 0.326 e. The van der Waals surface area contributed by atoms with E-state index in [0.29, 0.717) is 24.5 Å². The number of carboxylic acids is 1. The Hall–Kier alpha value is -2.31. The summed E-state index contributed by atoms with van der Waals surface area (Å²) >= 11 is 0. The molecule has 7 heteroatoms. The predicted molar refractivity (Wildman–Crippen MR) is 74.2 cm³/mol. The van der Waals surface area contributed by atoms with Gasteiger partial charge in [0, 0.05) is 17.8 Å². The predicted octanol–water partition coefficient (Wildman–Crippen LogP) is 2.66. The maximum Gasteiger partial charge on any atom is 0.326 e. The van der Waals surface area contributed by atoms with Crippen LogP contribution >= 0.6 is 0 Å². The lowest BCUT2D eigenvalue weighted by molar-refractivity contribution is -0.384. The number of aliphatic carboxylic acids is 1. The molecule has 0 radical (unpaired) electrons. The highest BCUT2D eigenvalue weighted by molar-refractivity contribution is 5.77. The minimum absolute atomic E-state index is 0.138. The van der Waals surface area contributed by atoms with Gasteiger partial charge in [0.15, 0.2) is 0 Å². The van der Waals surface area contributed by atoms with Crippen molar-refractivity contribution in [3.63, 3.8) is 0 Å². The van der Waals surface area contributed by atoms with Crippen molar-refractivity contribution in [1.29, 1.82) is 0 Å². The highest BCUT2D eigenvalue weighted by atomic mass is 16.6. The molecule has 110 valence electrons. The molecule has 0 amide bonds. The van der Waals surface area contributed by atoms with Gasteiger partial charge < -0.3 is 15.2 Å². The molecule has 7 nitrogen and oxygen atoms in total. The molecule has 0 spiro atoms. The summed E-state index contributed by atoms with van der Waals surface area (Å²) in [5, 5.41) is 22.6. The summed E-state index contributed by atoms with van der Waals surface area (Å²) in [7, 11) is 0. The van der Waals surface area contributed by atoms with Crippen LogP contribution in [0.25, 0.3) is 0 Å². The first-order valence-corrected chi connectivity index (χ1v) is 6.39. The monoisotopic (exact) mass is 282 g/mol. The largest absolute Gasteiger partial charge is 0.493 e. The van der Waals surface area contributed by atoms with Crippen molar-refractivity contribution in [1.82, 2.24) is 0 Å². The molecule has 0 fully saturated rings. The van der Waals surface area contributed by atoms with Crippen LogP contribution in [0, 0.1) is 10.1 Å². The zero-order valence-corrected chi connectivity index (χ0v) is 11.5. The SMILES string of the molecule is CCCOc1cc(NC(CC)C(=O)O)cc([N+](=O)[O-])c1. The fourth-order valence-corrected chi connectivity index (χ4v) is 1.61. The van der Waals surface area contributed by atoms with Crippen LogP contribution in [-0.4, -0.2) is 28.6 Å². The van der Waals surface area contributed by atoms with Gasteiger partial charge in [-0.05, 0) is 12.8 Å². The maximum absolute atomic E-state index is 11.0. The Kier molecular flexibility index (Phi) is 5.76. The first-order chi connectivity index (χ1) is 9.47. The summed E-state index contributed by atoms with van der Waals surface area (Å²) in [5.74, 6) is -0.654. The van der Waals surface area contributed by atoms with Gasteiger partial charge in [0.25, 0.3) is 5.69 Å². The van der Waals surface area contributed by atoms with E-state index in [1.165, 1.54) is 12.1 Å². The molecule has 1 rings (SSSR count). The quantitative estimate of drug-likeness (QED) is 0.561. The lowest BCUT2D eigenvalue weighted by Crippen LogP contribution is -2.28. The number of nitrogens with zero attached hydrogens (tertiary/aromatic N) is 1. The summed E-state index contributed by atoms with van der Waals surface area (Å²) in [6.45, 7) is 4.09. The summed E-state index contributed by atoms with van der Waals surface area (Å²) in [6.07, 6.45) is 1.14. The Morgan fingerprint density at radius 2 is 2.15 bits per heavy atom. The standard InChI is InChI=1S/C13H18N2O5/c1-3-5-20-11-7-9(6-10(8-11)15(18)19)14-12(4-2)13(16)17/h6-8,12,14H,3-5H2,1-2H3,(H,16,17). The van der Waals surface area contributed by atoms with Crippen LogP contribution in [-0.2, 0) is 4.79 Å². The second kappa shape index (κ2) is 7.32. The number of nitrogens with one attached hydrogen (secondary N) is 1. The molecule has 1 atom stereocenters. The molecule has 0 saturated carbocycles. The number of hydrogen-bond acceptors (Lipinski definition) is 5. The third-order valence-corrected chi connectivity index (χ3v) is 2.62. The van der Waals surface area contributed by atoms with E-state index in [1.54, 1.807) is 13.0 Å². The number of carboxylic acid groups (broad SMARTS) is 1. The maximum atomic E-state index is 11.0. The Bertz CT molecular complexity index is 490. The third-order valence-electron chi connectivity index (χ3n) is 2.62. The minimum Gasteiger partial charge on any atom is -0.493 e. The number of ether oxygens (including phenoxy) is 1. The first-order valence-electron chi connectivity index (χ1n) is 6.39. The molecule has 0 heterocycles. The fraction of sp³-hybridized carbons (Fsp3) is 0.462. The summed E-state index contributed by atoms with van der Waals surface area (Å²) in [4.78, 5) is 21.3. The van der Waals surface area contributed by atoms with E-state index < -0.39 is 16.9 Å². The molecule has 1 aromatic rings. The van der Waals surface area contributed by atoms with Gasteiger partial charge >= 0.3 is 5.97 Å². The topological polar surface area (TPSA) is 102 Å². The molecule has 0 aliphatic carbocycles. The molecule has 0 aromatic heterocycles. The summed E-state index contributed by atoms with van der Waals surface area (Å²) in [6, 6.07) is 3.39. The van der Waals surface area contributed by atoms with Gasteiger partial charge in [-0.15, -0.1) is 0 Å².